The molecule has 42 heavy (non-hydrogen) atoms. The second-order valence-electron chi connectivity index (χ2n) is 10.6. The largest absolute Gasteiger partial charge is 0.480 e. The molecule has 0 fully saturated rings. The molecule has 14 N–H and O–H groups in total. The SMILES string of the molecule is CC(C)C[C@H](NC(=O)[C@@H](NC(=O)[C@@H](N)CCC(N)=O)C(C)C)C(=O)N[C@@H](CO)C(=O)N[C@@H](CCCN=C(N)N)C(=O)O. The summed E-state index contributed by atoms with van der Waals surface area (Å²) in [6.07, 6.45) is 0.211. The molecule has 0 spiro atoms. The summed E-state index contributed by atoms with van der Waals surface area (Å²) < 4.78 is 0. The quantitative estimate of drug-likeness (QED) is 0.0368. The van der Waals surface area contributed by atoms with E-state index in [9.17, 15) is 39.0 Å². The Balaban J connectivity index is 5.52. The standard InChI is InChI=1S/C25H47N9O8/c1-12(2)10-16(32-23(40)19(13(3)4)34-20(37)14(26)7-8-18(27)36)21(38)33-17(11-35)22(39)31-15(24(41)42)6-5-9-30-25(28)29/h12-17,19,35H,5-11,26H2,1-4H3,(H2,27,36)(H,31,39)(H,32,40)(H,33,38)(H,34,37)(H,41,42)(H4,28,29,30)/t14-,15-,16-,17-,19-/m0/s1. The third-order valence-corrected chi connectivity index (χ3v) is 6.00. The Bertz CT molecular complexity index is 970. The van der Waals surface area contributed by atoms with E-state index in [0.717, 1.165) is 0 Å². The van der Waals surface area contributed by atoms with Gasteiger partial charge in [-0.3, -0.25) is 29.0 Å². The van der Waals surface area contributed by atoms with Crippen molar-refractivity contribution in [3.8, 4) is 0 Å². The first-order valence-corrected chi connectivity index (χ1v) is 13.6. The number of nitrogens with zero attached hydrogens (tertiary/aromatic N) is 1. The Hall–Kier alpha value is -3.99. The smallest absolute Gasteiger partial charge is 0.326 e. The molecule has 0 radical (unpaired) electrons. The maximum absolute atomic E-state index is 13.1. The zero-order valence-electron chi connectivity index (χ0n) is 24.6. The normalized spacial score (nSPS) is 14.6. The maximum Gasteiger partial charge on any atom is 0.326 e. The first-order chi connectivity index (χ1) is 19.5. The molecule has 240 valence electrons. The first kappa shape index (κ1) is 38.0. The topological polar surface area (TPSA) is 307 Å². The lowest BCUT2D eigenvalue weighted by atomic mass is 9.99. The summed E-state index contributed by atoms with van der Waals surface area (Å²) in [6.45, 7) is 6.20. The molecule has 5 amide bonds. The minimum Gasteiger partial charge on any atom is -0.480 e. The summed E-state index contributed by atoms with van der Waals surface area (Å²) in [7, 11) is 0. The number of aliphatic imine (C=N–C) groups is 1. The second-order valence-corrected chi connectivity index (χ2v) is 10.6. The van der Waals surface area contributed by atoms with Gasteiger partial charge in [0.1, 0.15) is 24.2 Å². The Morgan fingerprint density at radius 1 is 0.762 bits per heavy atom. The zero-order valence-corrected chi connectivity index (χ0v) is 24.6. The van der Waals surface area contributed by atoms with Crippen LogP contribution in [0.5, 0.6) is 0 Å². The molecule has 0 saturated carbocycles. The van der Waals surface area contributed by atoms with Crippen LogP contribution in [0.4, 0.5) is 0 Å². The van der Waals surface area contributed by atoms with Gasteiger partial charge in [0.05, 0.1) is 12.6 Å². The average molecular weight is 602 g/mol. The number of primary amides is 1. The summed E-state index contributed by atoms with van der Waals surface area (Å²) in [6, 6.07) is -6.21. The summed E-state index contributed by atoms with van der Waals surface area (Å²) in [5.74, 6) is -5.79. The fourth-order valence-electron chi connectivity index (χ4n) is 3.69. The molecule has 0 aliphatic rings. The highest BCUT2D eigenvalue weighted by Gasteiger charge is 2.33. The minimum atomic E-state index is -1.52. The second kappa shape index (κ2) is 19.2. The molecule has 0 unspecified atom stereocenters. The number of rotatable bonds is 20. The van der Waals surface area contributed by atoms with Crippen LogP contribution in [0.25, 0.3) is 0 Å². The van der Waals surface area contributed by atoms with Crippen molar-refractivity contribution < 1.29 is 39.0 Å². The van der Waals surface area contributed by atoms with E-state index in [2.05, 4.69) is 26.3 Å². The van der Waals surface area contributed by atoms with E-state index in [4.69, 9.17) is 22.9 Å². The third-order valence-electron chi connectivity index (χ3n) is 6.00. The highest BCUT2D eigenvalue weighted by atomic mass is 16.4. The van der Waals surface area contributed by atoms with Crippen molar-refractivity contribution in [3.05, 3.63) is 0 Å². The van der Waals surface area contributed by atoms with Gasteiger partial charge in [0, 0.05) is 13.0 Å². The number of nitrogens with one attached hydrogen (secondary N) is 4. The Morgan fingerprint density at radius 2 is 1.31 bits per heavy atom. The first-order valence-electron chi connectivity index (χ1n) is 13.6. The Labute approximate surface area is 245 Å². The van der Waals surface area contributed by atoms with Gasteiger partial charge in [-0.25, -0.2) is 4.79 Å². The fraction of sp³-hybridized carbons (Fsp3) is 0.720. The molecule has 0 aliphatic carbocycles. The monoisotopic (exact) mass is 601 g/mol. The molecular weight excluding hydrogens is 554 g/mol. The highest BCUT2D eigenvalue weighted by molar-refractivity contribution is 5.95. The number of aliphatic hydroxyl groups excluding tert-OH is 1. The van der Waals surface area contributed by atoms with Gasteiger partial charge in [0.15, 0.2) is 5.96 Å². The van der Waals surface area contributed by atoms with Crippen LogP contribution in [0.15, 0.2) is 4.99 Å². The van der Waals surface area contributed by atoms with Gasteiger partial charge in [-0.15, -0.1) is 0 Å². The van der Waals surface area contributed by atoms with Gasteiger partial charge in [-0.05, 0) is 37.5 Å². The molecule has 0 aromatic heterocycles. The van der Waals surface area contributed by atoms with E-state index in [1.54, 1.807) is 27.7 Å². The Kier molecular flexibility index (Phi) is 17.4. The van der Waals surface area contributed by atoms with E-state index in [1.165, 1.54) is 0 Å². The number of nitrogens with two attached hydrogens (primary N) is 4. The predicted octanol–water partition coefficient (Wildman–Crippen LogP) is -3.65. The van der Waals surface area contributed by atoms with Gasteiger partial charge in [-0.1, -0.05) is 27.7 Å². The third kappa shape index (κ3) is 15.1. The number of aliphatic hydroxyl groups is 1. The molecule has 0 rings (SSSR count). The molecular formula is C25H47N9O8. The van der Waals surface area contributed by atoms with Crippen molar-refractivity contribution in [2.24, 2.45) is 39.8 Å². The van der Waals surface area contributed by atoms with Crippen LogP contribution >= 0.6 is 0 Å². The number of amides is 5. The van der Waals surface area contributed by atoms with Crippen LogP contribution < -0.4 is 44.2 Å². The van der Waals surface area contributed by atoms with Gasteiger partial charge in [-0.2, -0.15) is 0 Å². The number of aliphatic carboxylic acids is 1. The molecule has 5 atom stereocenters. The van der Waals surface area contributed by atoms with Crippen LogP contribution in [0, 0.1) is 11.8 Å². The summed E-state index contributed by atoms with van der Waals surface area (Å²) in [4.78, 5) is 77.8. The number of carboxylic acid groups (broad SMARTS) is 1. The molecule has 0 aromatic carbocycles. The molecule has 17 nitrogen and oxygen atoms in total. The number of carbonyl (C=O) groups is 6. The lowest BCUT2D eigenvalue weighted by Gasteiger charge is -2.28. The van der Waals surface area contributed by atoms with Crippen molar-refractivity contribution in [3.63, 3.8) is 0 Å². The lowest BCUT2D eigenvalue weighted by molar-refractivity contribution is -0.142. The van der Waals surface area contributed by atoms with E-state index in [1.807, 2.05) is 0 Å². The minimum absolute atomic E-state index is 0.0183. The molecule has 0 aliphatic heterocycles. The lowest BCUT2D eigenvalue weighted by Crippen LogP contribution is -2.60. The van der Waals surface area contributed by atoms with Crippen molar-refractivity contribution in [1.29, 1.82) is 0 Å². The number of carboxylic acids is 1. The summed E-state index contributed by atoms with van der Waals surface area (Å²) in [5.41, 5.74) is 21.4. The van der Waals surface area contributed by atoms with Gasteiger partial charge in [0.25, 0.3) is 0 Å². The van der Waals surface area contributed by atoms with Crippen LogP contribution in [-0.2, 0) is 28.8 Å². The van der Waals surface area contributed by atoms with Crippen molar-refractivity contribution >= 4 is 41.5 Å². The van der Waals surface area contributed by atoms with Gasteiger partial charge in [0.2, 0.25) is 29.5 Å². The number of hydrogen-bond acceptors (Lipinski definition) is 9. The van der Waals surface area contributed by atoms with Crippen LogP contribution in [0.3, 0.4) is 0 Å². The summed E-state index contributed by atoms with van der Waals surface area (Å²) in [5, 5.41) is 28.9. The van der Waals surface area contributed by atoms with E-state index in [-0.39, 0.29) is 50.5 Å². The van der Waals surface area contributed by atoms with E-state index < -0.39 is 78.2 Å². The van der Waals surface area contributed by atoms with Crippen LogP contribution in [-0.4, -0.2) is 95.0 Å². The van der Waals surface area contributed by atoms with Crippen LogP contribution in [0.1, 0.15) is 59.8 Å². The average Bonchev–Trinajstić information content (AvgIpc) is 2.88. The van der Waals surface area contributed by atoms with E-state index >= 15 is 0 Å². The van der Waals surface area contributed by atoms with Gasteiger partial charge >= 0.3 is 5.97 Å². The molecule has 0 saturated heterocycles. The number of carbonyl (C=O) groups excluding carboxylic acids is 5. The zero-order chi connectivity index (χ0) is 32.6. The van der Waals surface area contributed by atoms with Crippen molar-refractivity contribution in [2.75, 3.05) is 13.2 Å². The number of hydrogen-bond donors (Lipinski definition) is 10. The molecule has 0 heterocycles. The molecule has 0 aromatic rings. The Morgan fingerprint density at radius 3 is 1.79 bits per heavy atom. The fourth-order valence-corrected chi connectivity index (χ4v) is 3.69. The maximum atomic E-state index is 13.1. The van der Waals surface area contributed by atoms with Crippen molar-refractivity contribution in [2.45, 2.75) is 90.0 Å². The molecule has 17 heteroatoms. The van der Waals surface area contributed by atoms with Crippen molar-refractivity contribution in [1.82, 2.24) is 21.3 Å². The summed E-state index contributed by atoms with van der Waals surface area (Å²) >= 11 is 0. The number of guanidine groups is 1. The highest BCUT2D eigenvalue weighted by Crippen LogP contribution is 2.09. The van der Waals surface area contributed by atoms with Crippen LogP contribution in [0.2, 0.25) is 0 Å². The van der Waals surface area contributed by atoms with E-state index in [0.29, 0.717) is 0 Å². The molecule has 0 bridgehead atoms. The van der Waals surface area contributed by atoms with Gasteiger partial charge < -0.3 is 54.4 Å². The predicted molar refractivity (Wildman–Crippen MR) is 153 cm³/mol.